The fraction of sp³-hybridized carbons (Fsp3) is 0.143. The Labute approximate surface area is 153 Å². The smallest absolute Gasteiger partial charge is 0.148 e. The molecule has 2 aromatic carbocycles. The Morgan fingerprint density at radius 1 is 1.00 bits per heavy atom. The van der Waals surface area contributed by atoms with Crippen LogP contribution in [0.5, 0.6) is 5.75 Å². The van der Waals surface area contributed by atoms with Crippen molar-refractivity contribution >= 4 is 71.0 Å². The third-order valence-electron chi connectivity index (χ3n) is 2.63. The van der Waals surface area contributed by atoms with Gasteiger partial charge in [-0.05, 0) is 61.7 Å². The topological polar surface area (TPSA) is 9.23 Å². The summed E-state index contributed by atoms with van der Waals surface area (Å²) in [5, 5.41) is 1.98. The van der Waals surface area contributed by atoms with Gasteiger partial charge in [-0.2, -0.15) is 0 Å². The maximum Gasteiger partial charge on any atom is 0.148 e. The molecule has 1 nitrogen and oxygen atoms in total. The Morgan fingerprint density at radius 3 is 2.05 bits per heavy atom. The molecule has 0 radical (unpaired) electrons. The lowest BCUT2D eigenvalue weighted by atomic mass is 10.2. The van der Waals surface area contributed by atoms with E-state index >= 15 is 0 Å². The van der Waals surface area contributed by atoms with Crippen molar-refractivity contribution in [1.82, 2.24) is 0 Å². The summed E-state index contributed by atoms with van der Waals surface area (Å²) >= 11 is 22.7. The molecule has 0 heterocycles. The van der Waals surface area contributed by atoms with Crippen LogP contribution < -0.4 is 4.74 Å². The van der Waals surface area contributed by atoms with Crippen molar-refractivity contribution in [2.45, 2.75) is 11.9 Å². The molecule has 0 amide bonds. The zero-order chi connectivity index (χ0) is 14.7. The molecule has 0 bridgehead atoms. The molecule has 20 heavy (non-hydrogen) atoms. The Hall–Kier alpha value is 0.260. The number of halogens is 5. The number of alkyl halides is 1. The summed E-state index contributed by atoms with van der Waals surface area (Å²) in [6.07, 6.45) is 0. The molecule has 0 saturated heterocycles. The Kier molecular flexibility index (Phi) is 6.24. The summed E-state index contributed by atoms with van der Waals surface area (Å²) in [7, 11) is 0. The lowest BCUT2D eigenvalue weighted by Crippen LogP contribution is -1.99. The normalized spacial score (nSPS) is 10.7. The van der Waals surface area contributed by atoms with E-state index in [1.165, 1.54) is 0 Å². The monoisotopic (exact) mass is 500 g/mol. The van der Waals surface area contributed by atoms with Crippen LogP contribution in [0.2, 0.25) is 10.0 Å². The van der Waals surface area contributed by atoms with E-state index in [-0.39, 0.29) is 0 Å². The van der Waals surface area contributed by atoms with Gasteiger partial charge in [0.05, 0.1) is 8.95 Å². The van der Waals surface area contributed by atoms with E-state index < -0.39 is 0 Å². The second kappa shape index (κ2) is 7.50. The fourth-order valence-corrected chi connectivity index (χ4v) is 3.98. The van der Waals surface area contributed by atoms with Crippen LogP contribution in [-0.4, -0.2) is 0 Å². The summed E-state index contributed by atoms with van der Waals surface area (Å²) in [5.74, 6) is 0.727. The first-order valence-electron chi connectivity index (χ1n) is 5.62. The largest absolute Gasteiger partial charge is 0.486 e. The molecule has 2 rings (SSSR count). The molecular weight excluding hydrogens is 495 g/mol. The van der Waals surface area contributed by atoms with Crippen LogP contribution in [-0.2, 0) is 11.9 Å². The number of hydrogen-bond donors (Lipinski definition) is 0. The third kappa shape index (κ3) is 3.92. The second-order valence-electron chi connectivity index (χ2n) is 4.01. The summed E-state index contributed by atoms with van der Waals surface area (Å²) in [6, 6.07) is 9.41. The van der Waals surface area contributed by atoms with Crippen molar-refractivity contribution in [2.75, 3.05) is 0 Å². The van der Waals surface area contributed by atoms with Gasteiger partial charge in [-0.3, -0.25) is 0 Å². The molecule has 0 aliphatic carbocycles. The number of hydrogen-bond acceptors (Lipinski definition) is 1. The van der Waals surface area contributed by atoms with Crippen molar-refractivity contribution in [1.29, 1.82) is 0 Å². The SMILES string of the molecule is Clc1cccc(Cl)c1COc1c(Br)cc(CBr)cc1Br. The van der Waals surface area contributed by atoms with Crippen LogP contribution >= 0.6 is 71.0 Å². The molecular formula is C14H9Br3Cl2O. The molecule has 0 atom stereocenters. The molecule has 6 heteroatoms. The van der Waals surface area contributed by atoms with Gasteiger partial charge in [0.15, 0.2) is 0 Å². The Morgan fingerprint density at radius 2 is 1.55 bits per heavy atom. The van der Waals surface area contributed by atoms with Gasteiger partial charge in [-0.15, -0.1) is 0 Å². The maximum atomic E-state index is 6.13. The second-order valence-corrected chi connectivity index (χ2v) is 7.09. The molecule has 0 aliphatic rings. The highest BCUT2D eigenvalue weighted by atomic mass is 79.9. The van der Waals surface area contributed by atoms with Gasteiger partial charge in [-0.1, -0.05) is 45.2 Å². The van der Waals surface area contributed by atoms with Gasteiger partial charge in [0.25, 0.3) is 0 Å². The average Bonchev–Trinajstić information content (AvgIpc) is 2.40. The number of ether oxygens (including phenoxy) is 1. The predicted octanol–water partition coefficient (Wildman–Crippen LogP) is 6.99. The van der Waals surface area contributed by atoms with Gasteiger partial charge in [0.2, 0.25) is 0 Å². The van der Waals surface area contributed by atoms with E-state index in [4.69, 9.17) is 27.9 Å². The summed E-state index contributed by atoms with van der Waals surface area (Å²) < 4.78 is 7.60. The first-order chi connectivity index (χ1) is 9.52. The standard InChI is InChI=1S/C14H9Br3Cl2O/c15-6-8-4-10(16)14(11(17)5-8)20-7-9-12(18)2-1-3-13(9)19/h1-5H,6-7H2. The molecule has 0 aliphatic heterocycles. The minimum atomic E-state index is 0.309. The molecule has 106 valence electrons. The van der Waals surface area contributed by atoms with Crippen LogP contribution in [0.15, 0.2) is 39.3 Å². The van der Waals surface area contributed by atoms with Crippen molar-refractivity contribution in [3.8, 4) is 5.75 Å². The summed E-state index contributed by atoms with van der Waals surface area (Å²) in [4.78, 5) is 0. The first-order valence-corrected chi connectivity index (χ1v) is 9.09. The van der Waals surface area contributed by atoms with Gasteiger partial charge in [0.1, 0.15) is 12.4 Å². The minimum absolute atomic E-state index is 0.309. The quantitative estimate of drug-likeness (QED) is 0.409. The van der Waals surface area contributed by atoms with Crippen molar-refractivity contribution in [3.63, 3.8) is 0 Å². The highest BCUT2D eigenvalue weighted by molar-refractivity contribution is 9.11. The predicted molar refractivity (Wildman–Crippen MR) is 95.3 cm³/mol. The number of rotatable bonds is 4. The third-order valence-corrected chi connectivity index (χ3v) is 5.17. The Balaban J connectivity index is 2.23. The molecule has 0 spiro atoms. The molecule has 0 unspecified atom stereocenters. The zero-order valence-electron chi connectivity index (χ0n) is 10.1. The highest BCUT2D eigenvalue weighted by Gasteiger charge is 2.11. The van der Waals surface area contributed by atoms with E-state index in [0.717, 1.165) is 31.2 Å². The Bertz CT molecular complexity index is 589. The van der Waals surface area contributed by atoms with Gasteiger partial charge in [0, 0.05) is 20.9 Å². The van der Waals surface area contributed by atoms with Gasteiger partial charge >= 0.3 is 0 Å². The van der Waals surface area contributed by atoms with Crippen LogP contribution in [0, 0.1) is 0 Å². The fourth-order valence-electron chi connectivity index (χ4n) is 1.64. The van der Waals surface area contributed by atoms with E-state index in [2.05, 4.69) is 47.8 Å². The lowest BCUT2D eigenvalue weighted by Gasteiger charge is -2.13. The zero-order valence-corrected chi connectivity index (χ0v) is 16.4. The number of benzene rings is 2. The van der Waals surface area contributed by atoms with Crippen LogP contribution in [0.25, 0.3) is 0 Å². The summed E-state index contributed by atoms with van der Waals surface area (Å²) in [6.45, 7) is 0.309. The molecule has 0 aromatic heterocycles. The van der Waals surface area contributed by atoms with Crippen LogP contribution in [0.3, 0.4) is 0 Å². The molecule has 0 saturated carbocycles. The van der Waals surface area contributed by atoms with E-state index in [9.17, 15) is 0 Å². The van der Waals surface area contributed by atoms with E-state index in [1.807, 2.05) is 18.2 Å². The van der Waals surface area contributed by atoms with Crippen LogP contribution in [0.4, 0.5) is 0 Å². The highest BCUT2D eigenvalue weighted by Crippen LogP contribution is 2.36. The molecule has 2 aromatic rings. The first kappa shape index (κ1) is 16.6. The van der Waals surface area contributed by atoms with E-state index in [0.29, 0.717) is 16.7 Å². The van der Waals surface area contributed by atoms with E-state index in [1.54, 1.807) is 12.1 Å². The van der Waals surface area contributed by atoms with Gasteiger partial charge < -0.3 is 4.74 Å². The van der Waals surface area contributed by atoms with Crippen molar-refractivity contribution in [2.24, 2.45) is 0 Å². The summed E-state index contributed by atoms with van der Waals surface area (Å²) in [5.41, 5.74) is 1.92. The van der Waals surface area contributed by atoms with Crippen LogP contribution in [0.1, 0.15) is 11.1 Å². The van der Waals surface area contributed by atoms with Crippen molar-refractivity contribution in [3.05, 3.63) is 60.4 Å². The molecule has 0 fully saturated rings. The average molecular weight is 504 g/mol. The molecule has 0 N–H and O–H groups in total. The van der Waals surface area contributed by atoms with Crippen molar-refractivity contribution < 1.29 is 4.74 Å². The maximum absolute atomic E-state index is 6.13. The minimum Gasteiger partial charge on any atom is -0.486 e. The lowest BCUT2D eigenvalue weighted by molar-refractivity contribution is 0.302. The van der Waals surface area contributed by atoms with Gasteiger partial charge in [-0.25, -0.2) is 0 Å².